The number of azo groups is 1. The van der Waals surface area contributed by atoms with Crippen molar-refractivity contribution in [1.82, 2.24) is 0 Å². The Bertz CT molecular complexity index is 1010. The van der Waals surface area contributed by atoms with Gasteiger partial charge in [0, 0.05) is 18.8 Å². The molecule has 0 aliphatic carbocycles. The van der Waals surface area contributed by atoms with Crippen LogP contribution in [-0.4, -0.2) is 13.1 Å². The third-order valence-corrected chi connectivity index (χ3v) is 5.03. The van der Waals surface area contributed by atoms with Crippen molar-refractivity contribution in [3.8, 4) is 0 Å². The first-order chi connectivity index (χ1) is 15.0. The van der Waals surface area contributed by atoms with Crippen LogP contribution in [0.2, 0.25) is 0 Å². The number of anilines is 3. The zero-order valence-corrected chi connectivity index (χ0v) is 16.7. The van der Waals surface area contributed by atoms with Gasteiger partial charge in [-0.25, -0.2) is 0 Å². The molecule has 0 bridgehead atoms. The van der Waals surface area contributed by atoms with Crippen molar-refractivity contribution in [2.24, 2.45) is 10.2 Å². The molecule has 160 valence electrons. The number of halogens is 3. The molecule has 8 heteroatoms. The van der Waals surface area contributed by atoms with Crippen molar-refractivity contribution < 1.29 is 13.2 Å². The van der Waals surface area contributed by atoms with E-state index in [4.69, 9.17) is 0 Å². The quantitative estimate of drug-likeness (QED) is 0.325. The summed E-state index contributed by atoms with van der Waals surface area (Å²) in [5, 5.41) is 8.53. The van der Waals surface area contributed by atoms with Gasteiger partial charge in [-0.2, -0.15) is 23.4 Å². The van der Waals surface area contributed by atoms with Crippen LogP contribution in [-0.2, 0) is 6.18 Å². The Morgan fingerprint density at radius 1 is 0.645 bits per heavy atom. The standard InChI is InChI=1S/C23H22F3N5/c24-23(25,26)17-3-5-18(6-4-17)27-28-19-7-9-20(10-8-19)29-30-21-11-13-22(14-12-21)31-15-1-2-16-31/h3-14,27-28H,1-2,15-16H2/b30-29+. The zero-order valence-electron chi connectivity index (χ0n) is 16.7. The van der Waals surface area contributed by atoms with Crippen LogP contribution < -0.4 is 15.8 Å². The summed E-state index contributed by atoms with van der Waals surface area (Å²) in [6, 6.07) is 20.1. The lowest BCUT2D eigenvalue weighted by atomic mass is 10.2. The molecule has 0 atom stereocenters. The summed E-state index contributed by atoms with van der Waals surface area (Å²) in [5.41, 5.74) is 9.10. The summed E-state index contributed by atoms with van der Waals surface area (Å²) in [6.45, 7) is 2.21. The van der Waals surface area contributed by atoms with E-state index in [-0.39, 0.29) is 0 Å². The van der Waals surface area contributed by atoms with E-state index in [1.54, 1.807) is 12.1 Å². The number of hydrazine groups is 1. The first kappa shape index (κ1) is 20.7. The molecule has 1 saturated heterocycles. The van der Waals surface area contributed by atoms with Gasteiger partial charge in [-0.15, -0.1) is 0 Å². The third kappa shape index (κ3) is 5.53. The molecule has 5 nitrogen and oxygen atoms in total. The van der Waals surface area contributed by atoms with Gasteiger partial charge in [0.2, 0.25) is 0 Å². The highest BCUT2D eigenvalue weighted by Gasteiger charge is 2.29. The fourth-order valence-electron chi connectivity index (χ4n) is 3.32. The van der Waals surface area contributed by atoms with Crippen molar-refractivity contribution in [3.63, 3.8) is 0 Å². The van der Waals surface area contributed by atoms with Gasteiger partial charge in [-0.05, 0) is 85.6 Å². The molecule has 0 unspecified atom stereocenters. The van der Waals surface area contributed by atoms with Crippen molar-refractivity contribution in [1.29, 1.82) is 0 Å². The average Bonchev–Trinajstić information content (AvgIpc) is 3.32. The van der Waals surface area contributed by atoms with Crippen LogP contribution in [0.4, 0.5) is 41.6 Å². The predicted octanol–water partition coefficient (Wildman–Crippen LogP) is 7.16. The summed E-state index contributed by atoms with van der Waals surface area (Å²) < 4.78 is 37.8. The number of nitrogens with one attached hydrogen (secondary N) is 2. The van der Waals surface area contributed by atoms with Crippen LogP contribution in [0.25, 0.3) is 0 Å². The van der Waals surface area contributed by atoms with E-state index < -0.39 is 11.7 Å². The van der Waals surface area contributed by atoms with Gasteiger partial charge in [0.05, 0.1) is 28.3 Å². The van der Waals surface area contributed by atoms with E-state index in [9.17, 15) is 13.2 Å². The number of hydrogen-bond acceptors (Lipinski definition) is 5. The summed E-state index contributed by atoms with van der Waals surface area (Å²) in [5.74, 6) is 0. The molecular weight excluding hydrogens is 403 g/mol. The fourth-order valence-corrected chi connectivity index (χ4v) is 3.32. The monoisotopic (exact) mass is 425 g/mol. The minimum atomic E-state index is -4.34. The highest BCUT2D eigenvalue weighted by atomic mass is 19.4. The lowest BCUT2D eigenvalue weighted by Gasteiger charge is -2.17. The molecule has 0 amide bonds. The molecule has 1 aliphatic rings. The van der Waals surface area contributed by atoms with Crippen LogP contribution >= 0.6 is 0 Å². The molecule has 3 aromatic rings. The Morgan fingerprint density at radius 3 is 1.58 bits per heavy atom. The molecular formula is C23H22F3N5. The number of benzene rings is 3. The van der Waals surface area contributed by atoms with E-state index in [0.29, 0.717) is 11.4 Å². The Morgan fingerprint density at radius 2 is 1.10 bits per heavy atom. The number of alkyl halides is 3. The minimum absolute atomic E-state index is 0.522. The highest BCUT2D eigenvalue weighted by Crippen LogP contribution is 2.30. The van der Waals surface area contributed by atoms with Crippen LogP contribution in [0.5, 0.6) is 0 Å². The van der Waals surface area contributed by atoms with E-state index in [1.807, 2.05) is 24.3 Å². The topological polar surface area (TPSA) is 52.0 Å². The van der Waals surface area contributed by atoms with Gasteiger partial charge < -0.3 is 15.8 Å². The first-order valence-electron chi connectivity index (χ1n) is 10.0. The molecule has 2 N–H and O–H groups in total. The number of rotatable bonds is 6. The first-order valence-corrected chi connectivity index (χ1v) is 10.0. The second-order valence-electron chi connectivity index (χ2n) is 7.28. The molecule has 31 heavy (non-hydrogen) atoms. The SMILES string of the molecule is FC(F)(F)c1ccc(NNc2ccc(/N=N/c3ccc(N4CCCC4)cc3)cc2)cc1. The van der Waals surface area contributed by atoms with E-state index in [2.05, 4.69) is 38.1 Å². The Hall–Kier alpha value is -3.55. The van der Waals surface area contributed by atoms with Crippen LogP contribution in [0.1, 0.15) is 18.4 Å². The maximum atomic E-state index is 12.6. The maximum absolute atomic E-state index is 12.6. The molecule has 1 fully saturated rings. The van der Waals surface area contributed by atoms with Gasteiger partial charge in [0.25, 0.3) is 0 Å². The van der Waals surface area contributed by atoms with Crippen molar-refractivity contribution >= 4 is 28.4 Å². The lowest BCUT2D eigenvalue weighted by molar-refractivity contribution is -0.137. The lowest BCUT2D eigenvalue weighted by Crippen LogP contribution is -2.17. The number of hydrogen-bond donors (Lipinski definition) is 2. The van der Waals surface area contributed by atoms with Gasteiger partial charge in [0.15, 0.2) is 0 Å². The molecule has 1 aliphatic heterocycles. The Balaban J connectivity index is 1.30. The molecule has 0 radical (unpaired) electrons. The van der Waals surface area contributed by atoms with Gasteiger partial charge in [-0.1, -0.05) is 0 Å². The number of nitrogens with zero attached hydrogens (tertiary/aromatic N) is 3. The summed E-state index contributed by atoms with van der Waals surface area (Å²) in [6.07, 6.45) is -1.86. The molecule has 3 aromatic carbocycles. The van der Waals surface area contributed by atoms with E-state index in [0.717, 1.165) is 36.6 Å². The molecule has 1 heterocycles. The largest absolute Gasteiger partial charge is 0.416 e. The van der Waals surface area contributed by atoms with Gasteiger partial charge in [-0.3, -0.25) is 0 Å². The Labute approximate surface area is 178 Å². The highest BCUT2D eigenvalue weighted by molar-refractivity contribution is 5.56. The normalized spacial score (nSPS) is 14.2. The van der Waals surface area contributed by atoms with Crippen molar-refractivity contribution in [2.45, 2.75) is 19.0 Å². The molecule has 0 aromatic heterocycles. The second-order valence-corrected chi connectivity index (χ2v) is 7.28. The van der Waals surface area contributed by atoms with E-state index in [1.165, 1.54) is 30.7 Å². The predicted molar refractivity (Wildman–Crippen MR) is 117 cm³/mol. The fraction of sp³-hybridized carbons (Fsp3) is 0.217. The van der Waals surface area contributed by atoms with Crippen molar-refractivity contribution in [3.05, 3.63) is 78.4 Å². The molecule has 0 spiro atoms. The van der Waals surface area contributed by atoms with Crippen molar-refractivity contribution in [2.75, 3.05) is 28.8 Å². The summed E-state index contributed by atoms with van der Waals surface area (Å²) >= 11 is 0. The summed E-state index contributed by atoms with van der Waals surface area (Å²) in [4.78, 5) is 2.37. The maximum Gasteiger partial charge on any atom is 0.416 e. The Kier molecular flexibility index (Phi) is 6.06. The van der Waals surface area contributed by atoms with Crippen LogP contribution in [0.15, 0.2) is 83.0 Å². The molecule has 4 rings (SSSR count). The smallest absolute Gasteiger partial charge is 0.372 e. The minimum Gasteiger partial charge on any atom is -0.372 e. The second kappa shape index (κ2) is 9.07. The van der Waals surface area contributed by atoms with Crippen LogP contribution in [0.3, 0.4) is 0 Å². The van der Waals surface area contributed by atoms with Crippen LogP contribution in [0, 0.1) is 0 Å². The third-order valence-electron chi connectivity index (χ3n) is 5.03. The summed E-state index contributed by atoms with van der Waals surface area (Å²) in [7, 11) is 0. The zero-order chi connectivity index (χ0) is 21.7. The van der Waals surface area contributed by atoms with E-state index >= 15 is 0 Å². The molecule has 0 saturated carbocycles. The van der Waals surface area contributed by atoms with Gasteiger partial charge >= 0.3 is 6.18 Å². The average molecular weight is 425 g/mol. The van der Waals surface area contributed by atoms with Gasteiger partial charge in [0.1, 0.15) is 0 Å².